The van der Waals surface area contributed by atoms with Crippen molar-refractivity contribution in [3.63, 3.8) is 0 Å². The molecule has 6 heteroatoms. The molecule has 3 heterocycles. The number of rotatable bonds is 4. The van der Waals surface area contributed by atoms with Crippen molar-refractivity contribution >= 4 is 5.91 Å². The fourth-order valence-electron chi connectivity index (χ4n) is 4.23. The van der Waals surface area contributed by atoms with Gasteiger partial charge >= 0.3 is 0 Å². The van der Waals surface area contributed by atoms with Gasteiger partial charge in [-0.25, -0.2) is 0 Å². The highest BCUT2D eigenvalue weighted by Crippen LogP contribution is 2.34. The predicted molar refractivity (Wildman–Crippen MR) is 90.8 cm³/mol. The maximum Gasteiger partial charge on any atom is 0.226 e. The number of ether oxygens (including phenoxy) is 3. The zero-order valence-electron chi connectivity index (χ0n) is 14.5. The van der Waals surface area contributed by atoms with Crippen LogP contribution in [0.2, 0.25) is 0 Å². The lowest BCUT2D eigenvalue weighted by Gasteiger charge is -2.35. The van der Waals surface area contributed by atoms with Gasteiger partial charge in [0.05, 0.1) is 25.4 Å². The van der Waals surface area contributed by atoms with Crippen molar-refractivity contribution in [1.29, 1.82) is 0 Å². The average molecular weight is 346 g/mol. The summed E-state index contributed by atoms with van der Waals surface area (Å²) >= 11 is 0. The van der Waals surface area contributed by atoms with Gasteiger partial charge in [0.2, 0.25) is 5.91 Å². The first-order valence-corrected chi connectivity index (χ1v) is 9.33. The molecule has 2 aliphatic heterocycles. The van der Waals surface area contributed by atoms with Crippen LogP contribution in [0.1, 0.15) is 31.2 Å². The van der Waals surface area contributed by atoms with Crippen molar-refractivity contribution in [2.45, 2.75) is 50.5 Å². The Labute approximate surface area is 148 Å². The summed E-state index contributed by atoms with van der Waals surface area (Å²) in [4.78, 5) is 19.1. The summed E-state index contributed by atoms with van der Waals surface area (Å²) in [6.07, 6.45) is 7.18. The van der Waals surface area contributed by atoms with Crippen molar-refractivity contribution in [2.24, 2.45) is 5.92 Å². The maximum atomic E-state index is 13.1. The Bertz CT molecular complexity index is 576. The third-order valence-corrected chi connectivity index (χ3v) is 5.60. The number of hydrogen-bond donors (Lipinski definition) is 0. The molecule has 0 N–H and O–H groups in total. The van der Waals surface area contributed by atoms with Gasteiger partial charge in [0.1, 0.15) is 6.10 Å². The summed E-state index contributed by atoms with van der Waals surface area (Å²) in [5, 5.41) is 0. The lowest BCUT2D eigenvalue weighted by atomic mass is 9.97. The van der Waals surface area contributed by atoms with Crippen LogP contribution in [0.15, 0.2) is 24.5 Å². The lowest BCUT2D eigenvalue weighted by molar-refractivity contribution is -0.143. The minimum Gasteiger partial charge on any atom is -0.381 e. The number of amides is 1. The largest absolute Gasteiger partial charge is 0.381 e. The number of nitrogens with zero attached hydrogens (tertiary/aromatic N) is 2. The monoisotopic (exact) mass is 346 g/mol. The van der Waals surface area contributed by atoms with Crippen molar-refractivity contribution in [3.8, 4) is 0 Å². The molecule has 1 aromatic heterocycles. The van der Waals surface area contributed by atoms with E-state index in [1.807, 2.05) is 17.0 Å². The molecule has 3 aliphatic rings. The topological polar surface area (TPSA) is 60.9 Å². The molecule has 1 amide bonds. The van der Waals surface area contributed by atoms with Crippen LogP contribution in [0.3, 0.4) is 0 Å². The van der Waals surface area contributed by atoms with Crippen molar-refractivity contribution in [3.05, 3.63) is 30.1 Å². The molecule has 0 radical (unpaired) electrons. The van der Waals surface area contributed by atoms with Crippen molar-refractivity contribution in [1.82, 2.24) is 9.88 Å². The van der Waals surface area contributed by atoms with E-state index in [9.17, 15) is 4.79 Å². The Morgan fingerprint density at radius 3 is 2.76 bits per heavy atom. The van der Waals surface area contributed by atoms with Gasteiger partial charge < -0.3 is 19.1 Å². The molecule has 4 rings (SSSR count). The molecule has 3 atom stereocenters. The molecule has 6 nitrogen and oxygen atoms in total. The van der Waals surface area contributed by atoms with Crippen LogP contribution in [0.5, 0.6) is 0 Å². The van der Waals surface area contributed by atoms with Gasteiger partial charge in [0.15, 0.2) is 0 Å². The third kappa shape index (κ3) is 3.71. The molecule has 1 aliphatic carbocycles. The van der Waals surface area contributed by atoms with Crippen LogP contribution in [0.4, 0.5) is 0 Å². The van der Waals surface area contributed by atoms with E-state index in [0.717, 1.165) is 31.2 Å². The van der Waals surface area contributed by atoms with Crippen LogP contribution in [0, 0.1) is 5.92 Å². The molecular formula is C19H26N2O4. The van der Waals surface area contributed by atoms with Crippen LogP contribution < -0.4 is 0 Å². The van der Waals surface area contributed by atoms with Gasteiger partial charge in [-0.15, -0.1) is 0 Å². The van der Waals surface area contributed by atoms with Gasteiger partial charge in [0, 0.05) is 38.1 Å². The number of aromatic nitrogens is 1. The van der Waals surface area contributed by atoms with Crippen molar-refractivity contribution < 1.29 is 19.0 Å². The minimum atomic E-state index is -0.0422. The molecule has 0 aromatic carbocycles. The van der Waals surface area contributed by atoms with Crippen LogP contribution in [0.25, 0.3) is 0 Å². The SMILES string of the molecule is O=C(C1CCOCC1)N1CCO[C@H]2CC[C@H]1[C@@H]2OCc1ccncc1. The molecule has 0 unspecified atom stereocenters. The normalized spacial score (nSPS) is 30.2. The molecule has 3 fully saturated rings. The zero-order chi connectivity index (χ0) is 17.1. The molecule has 25 heavy (non-hydrogen) atoms. The molecular weight excluding hydrogens is 320 g/mol. The average Bonchev–Trinajstić information content (AvgIpc) is 2.96. The number of carbonyl (C=O) groups excluding carboxylic acids is 1. The maximum absolute atomic E-state index is 13.1. The lowest BCUT2D eigenvalue weighted by Crippen LogP contribution is -2.49. The molecule has 0 spiro atoms. The van der Waals surface area contributed by atoms with E-state index in [4.69, 9.17) is 14.2 Å². The highest BCUT2D eigenvalue weighted by atomic mass is 16.5. The summed E-state index contributed by atoms with van der Waals surface area (Å²) in [5.41, 5.74) is 1.10. The Morgan fingerprint density at radius 2 is 1.96 bits per heavy atom. The van der Waals surface area contributed by atoms with Gasteiger partial charge in [-0.2, -0.15) is 0 Å². The van der Waals surface area contributed by atoms with Gasteiger partial charge in [0.25, 0.3) is 0 Å². The quantitative estimate of drug-likeness (QED) is 0.832. The first kappa shape index (κ1) is 16.9. The second-order valence-corrected chi connectivity index (χ2v) is 7.10. The highest BCUT2D eigenvalue weighted by molar-refractivity contribution is 5.79. The Kier molecular flexibility index (Phi) is 5.29. The summed E-state index contributed by atoms with van der Waals surface area (Å²) in [6, 6.07) is 4.05. The summed E-state index contributed by atoms with van der Waals surface area (Å²) in [7, 11) is 0. The first-order valence-electron chi connectivity index (χ1n) is 9.33. The van der Waals surface area contributed by atoms with E-state index < -0.39 is 0 Å². The van der Waals surface area contributed by atoms with E-state index in [-0.39, 0.29) is 30.1 Å². The van der Waals surface area contributed by atoms with E-state index >= 15 is 0 Å². The van der Waals surface area contributed by atoms with Gasteiger partial charge in [-0.05, 0) is 43.4 Å². The molecule has 136 valence electrons. The molecule has 2 saturated heterocycles. The second kappa shape index (κ2) is 7.81. The van der Waals surface area contributed by atoms with E-state index in [2.05, 4.69) is 4.98 Å². The van der Waals surface area contributed by atoms with Crippen molar-refractivity contribution in [2.75, 3.05) is 26.4 Å². The third-order valence-electron chi connectivity index (χ3n) is 5.60. The summed E-state index contributed by atoms with van der Waals surface area (Å²) in [6.45, 7) is 3.19. The molecule has 1 aromatic rings. The molecule has 2 bridgehead atoms. The van der Waals surface area contributed by atoms with E-state index in [1.54, 1.807) is 12.4 Å². The number of hydrogen-bond acceptors (Lipinski definition) is 5. The first-order chi connectivity index (χ1) is 12.3. The fraction of sp³-hybridized carbons (Fsp3) is 0.684. The highest BCUT2D eigenvalue weighted by Gasteiger charge is 2.45. The Morgan fingerprint density at radius 1 is 1.16 bits per heavy atom. The molecule has 1 saturated carbocycles. The minimum absolute atomic E-state index is 0.0422. The Balaban J connectivity index is 1.45. The predicted octanol–water partition coefficient (Wildman–Crippen LogP) is 1.78. The number of carbonyl (C=O) groups is 1. The fourth-order valence-corrected chi connectivity index (χ4v) is 4.23. The number of fused-ring (bicyclic) bond motifs is 2. The van der Waals surface area contributed by atoms with E-state index in [0.29, 0.717) is 33.0 Å². The smallest absolute Gasteiger partial charge is 0.226 e. The van der Waals surface area contributed by atoms with E-state index in [1.165, 1.54) is 0 Å². The summed E-state index contributed by atoms with van der Waals surface area (Å²) < 4.78 is 17.6. The number of pyridine rings is 1. The van der Waals surface area contributed by atoms with Gasteiger partial charge in [-0.1, -0.05) is 0 Å². The second-order valence-electron chi connectivity index (χ2n) is 7.10. The van der Waals surface area contributed by atoms with Crippen LogP contribution in [-0.2, 0) is 25.6 Å². The van der Waals surface area contributed by atoms with Crippen LogP contribution >= 0.6 is 0 Å². The van der Waals surface area contributed by atoms with Gasteiger partial charge in [-0.3, -0.25) is 9.78 Å². The Hall–Kier alpha value is -1.50. The summed E-state index contributed by atoms with van der Waals surface area (Å²) in [5.74, 6) is 0.351. The zero-order valence-corrected chi connectivity index (χ0v) is 14.5. The van der Waals surface area contributed by atoms with Crippen LogP contribution in [-0.4, -0.2) is 60.4 Å². The standard InChI is InChI=1S/C19H26N2O4/c22-19(15-5-10-23-11-6-15)21-9-12-24-17-2-1-16(21)18(17)25-13-14-3-7-20-8-4-14/h3-4,7-8,15-18H,1-2,5-6,9-13H2/t16-,17-,18-/m0/s1.